The molecule has 1 atom stereocenters. The van der Waals surface area contributed by atoms with Gasteiger partial charge in [-0.15, -0.1) is 0 Å². The summed E-state index contributed by atoms with van der Waals surface area (Å²) in [5.74, 6) is -0.906. The lowest BCUT2D eigenvalue weighted by atomic mass is 10.0. The maximum absolute atomic E-state index is 13.7. The van der Waals surface area contributed by atoms with Gasteiger partial charge in [-0.05, 0) is 66.1 Å². The molecular formula is C33H34FN3O5S. The van der Waals surface area contributed by atoms with Crippen LogP contribution in [0.4, 0.5) is 10.1 Å². The third-order valence-corrected chi connectivity index (χ3v) is 8.01. The van der Waals surface area contributed by atoms with Crippen molar-refractivity contribution in [3.05, 3.63) is 126 Å². The minimum absolute atomic E-state index is 0.0332. The number of nitrogens with one attached hydrogen (secondary N) is 2. The fraction of sp³-hybridized carbons (Fsp3) is 0.212. The van der Waals surface area contributed by atoms with E-state index >= 15 is 0 Å². The van der Waals surface area contributed by atoms with Crippen molar-refractivity contribution in [2.75, 3.05) is 17.9 Å². The zero-order valence-electron chi connectivity index (χ0n) is 23.8. The highest BCUT2D eigenvalue weighted by Gasteiger charge is 2.31. The molecule has 0 radical (unpaired) electrons. The Kier molecular flexibility index (Phi) is 10.9. The highest BCUT2D eigenvalue weighted by Crippen LogP contribution is 2.25. The highest BCUT2D eigenvalue weighted by molar-refractivity contribution is 7.92. The molecule has 43 heavy (non-hydrogen) atoms. The molecule has 0 heterocycles. The first-order valence-electron chi connectivity index (χ1n) is 13.9. The average Bonchev–Trinajstić information content (AvgIpc) is 3.02. The molecule has 4 rings (SSSR count). The molecule has 224 valence electrons. The highest BCUT2D eigenvalue weighted by atomic mass is 32.2. The van der Waals surface area contributed by atoms with Crippen LogP contribution in [0.1, 0.15) is 36.9 Å². The van der Waals surface area contributed by atoms with E-state index in [0.29, 0.717) is 12.1 Å². The van der Waals surface area contributed by atoms with Gasteiger partial charge < -0.3 is 15.0 Å². The van der Waals surface area contributed by atoms with Gasteiger partial charge in [0.1, 0.15) is 17.6 Å². The number of unbranched alkanes of at least 4 members (excludes halogenated alkanes) is 1. The number of halogens is 1. The molecule has 2 amide bonds. The number of hydrogen-bond donors (Lipinski definition) is 2. The number of hydrogen-bond acceptors (Lipinski definition) is 5. The molecule has 4 aromatic carbocycles. The second-order valence-electron chi connectivity index (χ2n) is 9.84. The first-order valence-corrected chi connectivity index (χ1v) is 15.4. The van der Waals surface area contributed by atoms with Crippen molar-refractivity contribution in [1.29, 1.82) is 0 Å². The molecule has 0 aliphatic rings. The van der Waals surface area contributed by atoms with Crippen LogP contribution in [0.5, 0.6) is 5.75 Å². The van der Waals surface area contributed by atoms with Crippen LogP contribution in [-0.2, 0) is 26.2 Å². The fourth-order valence-electron chi connectivity index (χ4n) is 4.37. The van der Waals surface area contributed by atoms with Crippen molar-refractivity contribution in [1.82, 2.24) is 10.2 Å². The van der Waals surface area contributed by atoms with Gasteiger partial charge in [-0.25, -0.2) is 12.8 Å². The summed E-state index contributed by atoms with van der Waals surface area (Å²) in [7, 11) is -3.93. The summed E-state index contributed by atoms with van der Waals surface area (Å²) in [4.78, 5) is 28.7. The third-order valence-electron chi connectivity index (χ3n) is 6.61. The average molecular weight is 604 g/mol. The number of carbonyl (C=O) groups is 2. The Bertz CT molecular complexity index is 1580. The summed E-state index contributed by atoms with van der Waals surface area (Å²) in [6, 6.07) is 28.2. The molecule has 0 fully saturated rings. The quantitative estimate of drug-likeness (QED) is 0.180. The third kappa shape index (κ3) is 8.89. The Labute approximate surface area is 251 Å². The number of benzene rings is 4. The van der Waals surface area contributed by atoms with Gasteiger partial charge in [0, 0.05) is 18.8 Å². The van der Waals surface area contributed by atoms with Crippen molar-refractivity contribution in [2.24, 2.45) is 0 Å². The maximum Gasteiger partial charge on any atom is 0.261 e. The Hall–Kier alpha value is -4.70. The zero-order chi connectivity index (χ0) is 30.7. The van der Waals surface area contributed by atoms with E-state index in [0.717, 1.165) is 30.5 Å². The van der Waals surface area contributed by atoms with Gasteiger partial charge in [-0.3, -0.25) is 14.3 Å². The van der Waals surface area contributed by atoms with Crippen LogP contribution in [-0.4, -0.2) is 38.3 Å². The predicted molar refractivity (Wildman–Crippen MR) is 163 cm³/mol. The largest absolute Gasteiger partial charge is 0.484 e. The summed E-state index contributed by atoms with van der Waals surface area (Å²) in [5, 5.41) is 2.96. The van der Waals surface area contributed by atoms with E-state index in [1.807, 2.05) is 67.6 Å². The monoisotopic (exact) mass is 603 g/mol. The molecule has 4 aromatic rings. The Morgan fingerprint density at radius 3 is 2.12 bits per heavy atom. The van der Waals surface area contributed by atoms with Crippen LogP contribution in [0.25, 0.3) is 0 Å². The Balaban J connectivity index is 1.52. The molecule has 0 aromatic heterocycles. The molecule has 1 unspecified atom stereocenters. The van der Waals surface area contributed by atoms with Gasteiger partial charge in [0.15, 0.2) is 6.61 Å². The van der Waals surface area contributed by atoms with Crippen molar-refractivity contribution in [3.63, 3.8) is 0 Å². The van der Waals surface area contributed by atoms with E-state index in [9.17, 15) is 22.4 Å². The minimum Gasteiger partial charge on any atom is -0.484 e. The van der Waals surface area contributed by atoms with Crippen LogP contribution in [0, 0.1) is 5.82 Å². The van der Waals surface area contributed by atoms with Crippen molar-refractivity contribution < 1.29 is 27.1 Å². The molecule has 8 nitrogen and oxygen atoms in total. The summed E-state index contributed by atoms with van der Waals surface area (Å²) >= 11 is 0. The van der Waals surface area contributed by atoms with Crippen LogP contribution in [0.15, 0.2) is 114 Å². The van der Waals surface area contributed by atoms with E-state index in [2.05, 4.69) is 10.0 Å². The smallest absolute Gasteiger partial charge is 0.261 e. The normalized spacial score (nSPS) is 11.8. The molecular weight excluding hydrogens is 569 g/mol. The topological polar surface area (TPSA) is 105 Å². The molecule has 0 saturated carbocycles. The van der Waals surface area contributed by atoms with E-state index in [4.69, 9.17) is 4.74 Å². The van der Waals surface area contributed by atoms with Gasteiger partial charge in [0.25, 0.3) is 15.9 Å². The molecule has 0 saturated heterocycles. The van der Waals surface area contributed by atoms with Gasteiger partial charge in [0.2, 0.25) is 5.91 Å². The maximum atomic E-state index is 13.7. The van der Waals surface area contributed by atoms with Gasteiger partial charge in [0.05, 0.1) is 4.90 Å². The zero-order valence-corrected chi connectivity index (χ0v) is 24.6. The van der Waals surface area contributed by atoms with Gasteiger partial charge >= 0.3 is 0 Å². The minimum atomic E-state index is -3.93. The molecule has 2 N–H and O–H groups in total. The fourth-order valence-corrected chi connectivity index (χ4v) is 5.43. The van der Waals surface area contributed by atoms with Crippen LogP contribution < -0.4 is 14.8 Å². The second kappa shape index (κ2) is 15.0. The van der Waals surface area contributed by atoms with Crippen LogP contribution >= 0.6 is 0 Å². The second-order valence-corrected chi connectivity index (χ2v) is 11.5. The van der Waals surface area contributed by atoms with Crippen molar-refractivity contribution in [2.45, 2.75) is 37.2 Å². The number of amides is 2. The number of sulfonamides is 1. The summed E-state index contributed by atoms with van der Waals surface area (Å²) < 4.78 is 46.8. The molecule has 10 heteroatoms. The van der Waals surface area contributed by atoms with Crippen LogP contribution in [0.3, 0.4) is 0 Å². The number of rotatable bonds is 14. The lowest BCUT2D eigenvalue weighted by Gasteiger charge is -2.31. The summed E-state index contributed by atoms with van der Waals surface area (Å²) in [5.41, 5.74) is 1.74. The summed E-state index contributed by atoms with van der Waals surface area (Å²) in [6.45, 7) is 2.33. The summed E-state index contributed by atoms with van der Waals surface area (Å²) in [6.07, 6.45) is 1.73. The van der Waals surface area contributed by atoms with E-state index < -0.39 is 27.8 Å². The predicted octanol–water partition coefficient (Wildman–Crippen LogP) is 5.69. The molecule has 0 aliphatic heterocycles. The van der Waals surface area contributed by atoms with Gasteiger partial charge in [-0.1, -0.05) is 74.0 Å². The van der Waals surface area contributed by atoms with E-state index in [1.54, 1.807) is 0 Å². The SMILES string of the molecule is CCCCNC(=O)C(c1ccccc1)N(Cc1ccccc1)C(=O)COc1ccc(S(=O)(=O)Nc2ccc(F)cc2)cc1. The van der Waals surface area contributed by atoms with E-state index in [-0.39, 0.29) is 35.4 Å². The van der Waals surface area contributed by atoms with Crippen LogP contribution in [0.2, 0.25) is 0 Å². The number of anilines is 1. The van der Waals surface area contributed by atoms with Gasteiger partial charge in [-0.2, -0.15) is 0 Å². The molecule has 0 spiro atoms. The van der Waals surface area contributed by atoms with Crippen molar-refractivity contribution in [3.8, 4) is 5.75 Å². The van der Waals surface area contributed by atoms with Crippen molar-refractivity contribution >= 4 is 27.5 Å². The van der Waals surface area contributed by atoms with E-state index in [1.165, 1.54) is 41.3 Å². The lowest BCUT2D eigenvalue weighted by molar-refractivity contribution is -0.143. The standard InChI is InChI=1S/C33H34FN3O5S/c1-2-3-22-35-33(39)32(26-12-8-5-9-13-26)37(23-25-10-6-4-7-11-25)31(38)24-42-29-18-20-30(21-19-29)43(40,41)36-28-16-14-27(34)15-17-28/h4-21,32,36H,2-3,22-24H2,1H3,(H,35,39). The Morgan fingerprint density at radius 1 is 0.860 bits per heavy atom. The molecule has 0 aliphatic carbocycles. The first kappa shape index (κ1) is 31.2. The number of nitrogens with zero attached hydrogens (tertiary/aromatic N) is 1. The molecule has 0 bridgehead atoms. The first-order chi connectivity index (χ1) is 20.8. The lowest BCUT2D eigenvalue weighted by Crippen LogP contribution is -2.45. The Morgan fingerprint density at radius 2 is 1.49 bits per heavy atom. The number of carbonyl (C=O) groups excluding carboxylic acids is 2. The number of ether oxygens (including phenoxy) is 1.